The minimum Gasteiger partial charge on any atom is -0.449 e. The van der Waals surface area contributed by atoms with Crippen molar-refractivity contribution in [2.24, 2.45) is 0 Å². The quantitative estimate of drug-likeness (QED) is 0.707. The third-order valence-corrected chi connectivity index (χ3v) is 4.19. The molecule has 0 heterocycles. The van der Waals surface area contributed by atoms with Crippen molar-refractivity contribution in [1.29, 1.82) is 0 Å². The number of hydrogen-bond acceptors (Lipinski definition) is 5. The highest BCUT2D eigenvalue weighted by Crippen LogP contribution is 2.23. The van der Waals surface area contributed by atoms with Crippen LogP contribution in [0.15, 0.2) is 42.5 Å². The zero-order chi connectivity index (χ0) is 20.2. The highest BCUT2D eigenvalue weighted by molar-refractivity contribution is 7.92. The molecule has 7 nitrogen and oxygen atoms in total. The van der Waals surface area contributed by atoms with E-state index in [2.05, 4.69) is 10.0 Å². The third kappa shape index (κ3) is 5.93. The Kier molecular flexibility index (Phi) is 6.40. The van der Waals surface area contributed by atoms with Gasteiger partial charge in [-0.1, -0.05) is 23.7 Å². The lowest BCUT2D eigenvalue weighted by Crippen LogP contribution is -2.30. The lowest BCUT2D eigenvalue weighted by Gasteiger charge is -2.16. The maximum Gasteiger partial charge on any atom is 0.341 e. The summed E-state index contributed by atoms with van der Waals surface area (Å²) in [5, 5.41) is 2.41. The number of nitrogens with one attached hydrogen (secondary N) is 2. The molecular weight excluding hydrogens is 399 g/mol. The lowest BCUT2D eigenvalue weighted by molar-refractivity contribution is -0.123. The molecule has 0 saturated heterocycles. The number of sulfonamides is 1. The van der Waals surface area contributed by atoms with E-state index >= 15 is 0 Å². The van der Waals surface area contributed by atoms with E-state index in [-0.39, 0.29) is 22.0 Å². The normalized spacial score (nSPS) is 12.1. The zero-order valence-corrected chi connectivity index (χ0v) is 15.9. The van der Waals surface area contributed by atoms with E-state index in [4.69, 9.17) is 16.3 Å². The minimum atomic E-state index is -3.61. The molecule has 0 aromatic heterocycles. The van der Waals surface area contributed by atoms with Crippen molar-refractivity contribution in [1.82, 2.24) is 0 Å². The number of halogens is 2. The number of para-hydroxylation sites is 1. The average Bonchev–Trinajstić information content (AvgIpc) is 2.56. The second-order valence-corrected chi connectivity index (χ2v) is 7.74. The average molecular weight is 415 g/mol. The molecule has 0 radical (unpaired) electrons. The molecule has 2 aromatic carbocycles. The van der Waals surface area contributed by atoms with Gasteiger partial charge in [0.15, 0.2) is 6.10 Å². The van der Waals surface area contributed by atoms with E-state index in [9.17, 15) is 22.4 Å². The predicted octanol–water partition coefficient (Wildman–Crippen LogP) is 3.03. The van der Waals surface area contributed by atoms with Gasteiger partial charge in [-0.2, -0.15) is 0 Å². The van der Waals surface area contributed by atoms with Gasteiger partial charge in [0.25, 0.3) is 5.91 Å². The summed E-state index contributed by atoms with van der Waals surface area (Å²) in [5.41, 5.74) is 0.131. The molecule has 0 aliphatic rings. The summed E-state index contributed by atoms with van der Waals surface area (Å²) in [5.74, 6) is -2.15. The molecule has 27 heavy (non-hydrogen) atoms. The van der Waals surface area contributed by atoms with Crippen LogP contribution in [-0.4, -0.2) is 32.7 Å². The van der Waals surface area contributed by atoms with E-state index in [1.54, 1.807) is 0 Å². The van der Waals surface area contributed by atoms with Crippen molar-refractivity contribution in [3.8, 4) is 0 Å². The number of rotatable bonds is 6. The molecule has 2 aromatic rings. The second kappa shape index (κ2) is 8.36. The Morgan fingerprint density at radius 2 is 1.81 bits per heavy atom. The Labute approximate surface area is 160 Å². The number of anilines is 2. The van der Waals surface area contributed by atoms with Crippen molar-refractivity contribution in [2.75, 3.05) is 16.3 Å². The van der Waals surface area contributed by atoms with Gasteiger partial charge in [0.2, 0.25) is 10.0 Å². The maximum atomic E-state index is 13.0. The highest BCUT2D eigenvalue weighted by atomic mass is 35.5. The number of hydrogen-bond donors (Lipinski definition) is 2. The van der Waals surface area contributed by atoms with Crippen LogP contribution in [0.5, 0.6) is 0 Å². The highest BCUT2D eigenvalue weighted by Gasteiger charge is 2.22. The number of carbonyl (C=O) groups is 2. The van der Waals surface area contributed by atoms with E-state index in [0.717, 1.165) is 18.4 Å². The molecule has 0 saturated carbocycles. The van der Waals surface area contributed by atoms with Gasteiger partial charge < -0.3 is 10.1 Å². The van der Waals surface area contributed by atoms with Crippen LogP contribution in [0.1, 0.15) is 17.3 Å². The fraction of sp³-hybridized carbons (Fsp3) is 0.176. The van der Waals surface area contributed by atoms with Crippen LogP contribution in [0.25, 0.3) is 0 Å². The molecule has 1 atom stereocenters. The predicted molar refractivity (Wildman–Crippen MR) is 99.8 cm³/mol. The first-order valence-electron chi connectivity index (χ1n) is 7.60. The Bertz CT molecular complexity index is 981. The molecule has 2 N–H and O–H groups in total. The number of amides is 1. The van der Waals surface area contributed by atoms with Crippen LogP contribution in [0.4, 0.5) is 15.8 Å². The first kappa shape index (κ1) is 20.7. The Morgan fingerprint density at radius 3 is 2.44 bits per heavy atom. The van der Waals surface area contributed by atoms with Gasteiger partial charge in [0.1, 0.15) is 5.82 Å². The van der Waals surface area contributed by atoms with Crippen molar-refractivity contribution >= 4 is 44.9 Å². The van der Waals surface area contributed by atoms with Crippen molar-refractivity contribution in [3.63, 3.8) is 0 Å². The summed E-state index contributed by atoms with van der Waals surface area (Å²) in [6.45, 7) is 1.33. The Balaban J connectivity index is 2.10. The van der Waals surface area contributed by atoms with Gasteiger partial charge in [-0.15, -0.1) is 0 Å². The van der Waals surface area contributed by atoms with Crippen LogP contribution < -0.4 is 10.0 Å². The molecule has 0 unspecified atom stereocenters. The summed E-state index contributed by atoms with van der Waals surface area (Å²) < 4.78 is 43.1. The number of benzene rings is 2. The van der Waals surface area contributed by atoms with Gasteiger partial charge in [-0.25, -0.2) is 17.6 Å². The van der Waals surface area contributed by atoms with E-state index in [1.165, 1.54) is 37.3 Å². The van der Waals surface area contributed by atoms with Crippen molar-refractivity contribution in [2.45, 2.75) is 13.0 Å². The first-order valence-corrected chi connectivity index (χ1v) is 9.87. The summed E-state index contributed by atoms with van der Waals surface area (Å²) >= 11 is 5.83. The standard InChI is InChI=1S/C17H16ClFN2O5S/c1-10(16(22)20-15-8-7-11(19)9-13(15)18)26-17(23)12-5-3-4-6-14(12)21-27(2,24)25/h3-10,21H,1-2H3,(H,20,22)/t10-/m1/s1. The molecule has 0 aliphatic carbocycles. The zero-order valence-electron chi connectivity index (χ0n) is 14.3. The van der Waals surface area contributed by atoms with Crippen LogP contribution in [0.2, 0.25) is 5.02 Å². The summed E-state index contributed by atoms with van der Waals surface area (Å²) in [4.78, 5) is 24.5. The molecule has 2 rings (SSSR count). The number of ether oxygens (including phenoxy) is 1. The van der Waals surface area contributed by atoms with Crippen molar-refractivity contribution in [3.05, 3.63) is 58.9 Å². The molecule has 10 heteroatoms. The van der Waals surface area contributed by atoms with Gasteiger partial charge in [-0.3, -0.25) is 9.52 Å². The number of carbonyl (C=O) groups excluding carboxylic acids is 2. The van der Waals surface area contributed by atoms with Gasteiger partial charge in [0, 0.05) is 0 Å². The smallest absolute Gasteiger partial charge is 0.341 e. The number of esters is 1. The van der Waals surface area contributed by atoms with E-state index < -0.39 is 33.8 Å². The Morgan fingerprint density at radius 1 is 1.15 bits per heavy atom. The van der Waals surface area contributed by atoms with Gasteiger partial charge in [-0.05, 0) is 37.3 Å². The monoisotopic (exact) mass is 414 g/mol. The molecule has 1 amide bonds. The van der Waals surface area contributed by atoms with E-state index in [0.29, 0.717) is 0 Å². The fourth-order valence-electron chi connectivity index (χ4n) is 2.05. The summed E-state index contributed by atoms with van der Waals surface area (Å²) in [6.07, 6.45) is -0.276. The SMILES string of the molecule is C[C@@H](OC(=O)c1ccccc1NS(C)(=O)=O)C(=O)Nc1ccc(F)cc1Cl. The van der Waals surface area contributed by atoms with Crippen LogP contribution in [0, 0.1) is 5.82 Å². The lowest BCUT2D eigenvalue weighted by atomic mass is 10.2. The molecule has 0 fully saturated rings. The van der Waals surface area contributed by atoms with Crippen LogP contribution in [0.3, 0.4) is 0 Å². The fourth-order valence-corrected chi connectivity index (χ4v) is 2.84. The van der Waals surface area contributed by atoms with Gasteiger partial charge in [0.05, 0.1) is 28.2 Å². The molecule has 144 valence electrons. The molecule has 0 spiro atoms. The molecular formula is C17H16ClFN2O5S. The van der Waals surface area contributed by atoms with Crippen LogP contribution in [-0.2, 0) is 19.6 Å². The second-order valence-electron chi connectivity index (χ2n) is 5.58. The topological polar surface area (TPSA) is 102 Å². The largest absolute Gasteiger partial charge is 0.449 e. The molecule has 0 bridgehead atoms. The summed E-state index contributed by atoms with van der Waals surface area (Å²) in [7, 11) is -3.61. The van der Waals surface area contributed by atoms with Crippen LogP contribution >= 0.6 is 11.6 Å². The Hall–Kier alpha value is -2.65. The minimum absolute atomic E-state index is 0.00965. The van der Waals surface area contributed by atoms with Crippen molar-refractivity contribution < 1.29 is 27.1 Å². The third-order valence-electron chi connectivity index (χ3n) is 3.28. The first-order chi connectivity index (χ1) is 12.6. The summed E-state index contributed by atoms with van der Waals surface area (Å²) in [6, 6.07) is 9.23. The molecule has 0 aliphatic heterocycles. The van der Waals surface area contributed by atoms with E-state index in [1.807, 2.05) is 0 Å². The maximum absolute atomic E-state index is 13.0. The van der Waals surface area contributed by atoms with Gasteiger partial charge >= 0.3 is 5.97 Å².